The number of hydrogen-bond acceptors (Lipinski definition) is 6. The number of rotatable bonds is 4. The lowest BCUT2D eigenvalue weighted by Gasteiger charge is -2.08. The summed E-state index contributed by atoms with van der Waals surface area (Å²) in [6.07, 6.45) is 0. The number of carbonyl (C=O) groups is 2. The van der Waals surface area contributed by atoms with Crippen molar-refractivity contribution in [2.24, 2.45) is 0 Å². The molecule has 41 heavy (non-hydrogen) atoms. The second kappa shape index (κ2) is 13.1. The number of halogens is 3. The maximum Gasteiger partial charge on any atom is 0.346 e. The van der Waals surface area contributed by atoms with Gasteiger partial charge in [0.15, 0.2) is 0 Å². The van der Waals surface area contributed by atoms with Gasteiger partial charge in [0.25, 0.3) is 0 Å². The first-order chi connectivity index (χ1) is 19.4. The number of nitriles is 2. The van der Waals surface area contributed by atoms with Gasteiger partial charge in [-0.1, -0.05) is 23.8 Å². The van der Waals surface area contributed by atoms with Crippen LogP contribution >= 0.6 is 0 Å². The minimum atomic E-state index is -0.920. The van der Waals surface area contributed by atoms with E-state index in [2.05, 4.69) is 0 Å². The molecule has 0 atom stereocenters. The van der Waals surface area contributed by atoms with Gasteiger partial charge in [-0.05, 0) is 80.8 Å². The third-order valence-corrected chi connectivity index (χ3v) is 5.80. The van der Waals surface area contributed by atoms with Gasteiger partial charge in [-0.25, -0.2) is 22.8 Å². The highest BCUT2D eigenvalue weighted by Gasteiger charge is 2.16. The number of benzene rings is 4. The molecule has 0 radical (unpaired) electrons. The molecule has 0 aromatic heterocycles. The Hall–Kier alpha value is -5.41. The summed E-state index contributed by atoms with van der Waals surface area (Å²) in [7, 11) is 0. The van der Waals surface area contributed by atoms with Crippen molar-refractivity contribution in [3.05, 3.63) is 129 Å². The van der Waals surface area contributed by atoms with Crippen molar-refractivity contribution < 1.29 is 32.2 Å². The smallest absolute Gasteiger partial charge is 0.346 e. The van der Waals surface area contributed by atoms with Gasteiger partial charge in [0.2, 0.25) is 0 Å². The van der Waals surface area contributed by atoms with E-state index in [1.54, 1.807) is 56.3 Å². The quantitative estimate of drug-likeness (QED) is 0.195. The molecule has 6 nitrogen and oxygen atoms in total. The van der Waals surface area contributed by atoms with E-state index in [0.717, 1.165) is 17.7 Å². The van der Waals surface area contributed by atoms with E-state index in [9.17, 15) is 22.8 Å². The van der Waals surface area contributed by atoms with E-state index in [1.165, 1.54) is 31.2 Å². The van der Waals surface area contributed by atoms with Gasteiger partial charge in [0.05, 0.1) is 22.3 Å². The Labute approximate surface area is 234 Å². The summed E-state index contributed by atoms with van der Waals surface area (Å²) < 4.78 is 50.9. The van der Waals surface area contributed by atoms with Crippen LogP contribution < -0.4 is 9.47 Å². The molecule has 206 valence electrons. The summed E-state index contributed by atoms with van der Waals surface area (Å²) in [4.78, 5) is 23.8. The molecule has 0 amide bonds. The first kappa shape index (κ1) is 30.1. The van der Waals surface area contributed by atoms with Crippen LogP contribution in [0.5, 0.6) is 11.5 Å². The van der Waals surface area contributed by atoms with Crippen molar-refractivity contribution in [3.8, 4) is 23.6 Å². The summed E-state index contributed by atoms with van der Waals surface area (Å²) in [6.45, 7) is 6.71. The molecule has 0 aliphatic heterocycles. The highest BCUT2D eigenvalue weighted by atomic mass is 19.1. The molecule has 0 aliphatic carbocycles. The molecule has 9 heteroatoms. The lowest BCUT2D eigenvalue weighted by molar-refractivity contribution is 0.0721. The van der Waals surface area contributed by atoms with Crippen LogP contribution in [0, 0.1) is 67.8 Å². The number of nitrogens with zero attached hydrogens (tertiary/aromatic N) is 2. The van der Waals surface area contributed by atoms with Crippen LogP contribution in [0.1, 0.15) is 54.1 Å². The first-order valence-electron chi connectivity index (χ1n) is 12.1. The zero-order valence-corrected chi connectivity index (χ0v) is 22.5. The number of ether oxygens (including phenoxy) is 2. The second-order valence-electron chi connectivity index (χ2n) is 9.05. The fraction of sp³-hybridized carbons (Fsp3) is 0.125. The van der Waals surface area contributed by atoms with Crippen LogP contribution in [0.4, 0.5) is 13.2 Å². The van der Waals surface area contributed by atoms with Gasteiger partial charge in [0, 0.05) is 12.1 Å². The number of carbonyl (C=O) groups excluding carboxylic acids is 2. The summed E-state index contributed by atoms with van der Waals surface area (Å²) in [5.74, 6) is -3.65. The predicted octanol–water partition coefficient (Wildman–Crippen LogP) is 7.21. The van der Waals surface area contributed by atoms with Gasteiger partial charge in [0.1, 0.15) is 41.1 Å². The second-order valence-corrected chi connectivity index (χ2v) is 9.05. The monoisotopic (exact) mass is 556 g/mol. The van der Waals surface area contributed by atoms with Gasteiger partial charge >= 0.3 is 11.9 Å². The third-order valence-electron chi connectivity index (χ3n) is 5.80. The average molecular weight is 557 g/mol. The van der Waals surface area contributed by atoms with Crippen molar-refractivity contribution in [1.82, 2.24) is 0 Å². The molecule has 0 bridgehead atoms. The Morgan fingerprint density at radius 3 is 1.51 bits per heavy atom. The zero-order valence-electron chi connectivity index (χ0n) is 22.5. The predicted molar refractivity (Wildman–Crippen MR) is 144 cm³/mol. The minimum absolute atomic E-state index is 0.0415. The fourth-order valence-corrected chi connectivity index (χ4v) is 3.63. The molecule has 0 aliphatic rings. The first-order valence-corrected chi connectivity index (χ1v) is 12.1. The minimum Gasteiger partial charge on any atom is -0.423 e. The van der Waals surface area contributed by atoms with Crippen molar-refractivity contribution in [2.45, 2.75) is 27.7 Å². The Balaban J connectivity index is 0.000000226. The topological polar surface area (TPSA) is 100 Å². The Morgan fingerprint density at radius 2 is 1.07 bits per heavy atom. The summed E-state index contributed by atoms with van der Waals surface area (Å²) in [6, 6.07) is 19.2. The molecule has 4 aromatic carbocycles. The van der Waals surface area contributed by atoms with Crippen LogP contribution in [0.15, 0.2) is 66.7 Å². The molecule has 0 fully saturated rings. The molecule has 0 spiro atoms. The van der Waals surface area contributed by atoms with E-state index >= 15 is 0 Å². The van der Waals surface area contributed by atoms with Crippen LogP contribution in [-0.4, -0.2) is 11.9 Å². The molecular formula is C32H23F3N2O4. The van der Waals surface area contributed by atoms with Crippen LogP contribution in [0.2, 0.25) is 0 Å². The van der Waals surface area contributed by atoms with Crippen molar-refractivity contribution >= 4 is 11.9 Å². The molecule has 0 unspecified atom stereocenters. The Bertz CT molecular complexity index is 1670. The van der Waals surface area contributed by atoms with Crippen molar-refractivity contribution in [3.63, 3.8) is 0 Å². The molecule has 0 saturated heterocycles. The molecular weight excluding hydrogens is 533 g/mol. The summed E-state index contributed by atoms with van der Waals surface area (Å²) in [5.41, 5.74) is 2.47. The lowest BCUT2D eigenvalue weighted by Crippen LogP contribution is -2.11. The largest absolute Gasteiger partial charge is 0.423 e. The third kappa shape index (κ3) is 7.59. The van der Waals surface area contributed by atoms with Crippen LogP contribution in [0.25, 0.3) is 0 Å². The van der Waals surface area contributed by atoms with Crippen LogP contribution in [0.3, 0.4) is 0 Å². The number of hydrogen-bond donors (Lipinski definition) is 0. The zero-order chi connectivity index (χ0) is 30.3. The molecule has 0 N–H and O–H groups in total. The molecule has 0 saturated carbocycles. The maximum absolute atomic E-state index is 13.7. The Kier molecular flexibility index (Phi) is 9.63. The average Bonchev–Trinajstić information content (AvgIpc) is 2.89. The Morgan fingerprint density at radius 1 is 0.610 bits per heavy atom. The van der Waals surface area contributed by atoms with Gasteiger partial charge in [-0.2, -0.15) is 10.5 Å². The van der Waals surface area contributed by atoms with Gasteiger partial charge in [-0.3, -0.25) is 0 Å². The number of aryl methyl sites for hydroxylation is 4. The summed E-state index contributed by atoms with van der Waals surface area (Å²) >= 11 is 0. The molecule has 0 heterocycles. The maximum atomic E-state index is 13.7. The van der Waals surface area contributed by atoms with Crippen molar-refractivity contribution in [1.29, 1.82) is 10.5 Å². The summed E-state index contributed by atoms with van der Waals surface area (Å²) in [5, 5.41) is 17.5. The molecule has 4 aromatic rings. The normalized spacial score (nSPS) is 9.98. The fourth-order valence-electron chi connectivity index (χ4n) is 3.63. The highest BCUT2D eigenvalue weighted by molar-refractivity contribution is 5.91. The number of esters is 2. The van der Waals surface area contributed by atoms with E-state index < -0.39 is 29.4 Å². The highest BCUT2D eigenvalue weighted by Crippen LogP contribution is 2.23. The van der Waals surface area contributed by atoms with Crippen LogP contribution in [-0.2, 0) is 0 Å². The van der Waals surface area contributed by atoms with Gasteiger partial charge in [-0.15, -0.1) is 0 Å². The standard InChI is InChI=1S/C16H11F2NO2.C16H12FNO2/c1-9-3-4-12(14(17)5-9)16(20)21-11-6-10(2)13(8-19)15(18)7-11;1-10-3-5-12(6-4-10)16(19)20-13-7-11(2)14(9-18)15(17)8-13/h3-7H,1-2H3;3-8H,1-2H3. The van der Waals surface area contributed by atoms with E-state index in [0.29, 0.717) is 22.3 Å². The van der Waals surface area contributed by atoms with E-state index in [1.807, 2.05) is 6.92 Å². The SMILES string of the molecule is Cc1ccc(C(=O)Oc2cc(C)c(C#N)c(F)c2)c(F)c1.Cc1ccc(C(=O)Oc2cc(C)c(C#N)c(F)c2)cc1. The van der Waals surface area contributed by atoms with Gasteiger partial charge < -0.3 is 9.47 Å². The molecule has 4 rings (SSSR count). The van der Waals surface area contributed by atoms with E-state index in [-0.39, 0.29) is 28.2 Å². The lowest BCUT2D eigenvalue weighted by atomic mass is 10.1. The van der Waals surface area contributed by atoms with Crippen molar-refractivity contribution in [2.75, 3.05) is 0 Å². The van der Waals surface area contributed by atoms with E-state index in [4.69, 9.17) is 20.0 Å².